The van der Waals surface area contributed by atoms with Crippen LogP contribution < -0.4 is 14.8 Å². The average Bonchev–Trinajstić information content (AvgIpc) is 2.75. The van der Waals surface area contributed by atoms with Gasteiger partial charge >= 0.3 is 0 Å². The van der Waals surface area contributed by atoms with E-state index in [-0.39, 0.29) is 18.1 Å². The fraction of sp³-hybridized carbons (Fsp3) is 0.308. The van der Waals surface area contributed by atoms with Crippen molar-refractivity contribution in [1.29, 1.82) is 0 Å². The molecular formula is C26H30N2O4. The highest BCUT2D eigenvalue weighted by Gasteiger charge is 2.12. The zero-order valence-corrected chi connectivity index (χ0v) is 19.2. The molecule has 3 rings (SSSR count). The Morgan fingerprint density at radius 2 is 1.69 bits per heavy atom. The van der Waals surface area contributed by atoms with Crippen molar-refractivity contribution in [3.8, 4) is 17.2 Å². The summed E-state index contributed by atoms with van der Waals surface area (Å²) in [6.07, 6.45) is 0.873. The molecule has 2 aromatic carbocycles. The van der Waals surface area contributed by atoms with Gasteiger partial charge in [-0.05, 0) is 76.2 Å². The fourth-order valence-corrected chi connectivity index (χ4v) is 3.17. The van der Waals surface area contributed by atoms with E-state index in [9.17, 15) is 4.79 Å². The Morgan fingerprint density at radius 3 is 2.34 bits per heavy atom. The summed E-state index contributed by atoms with van der Waals surface area (Å²) in [6.45, 7) is 7.79. The summed E-state index contributed by atoms with van der Waals surface area (Å²) in [7, 11) is 1.67. The molecule has 32 heavy (non-hydrogen) atoms. The molecule has 0 aliphatic heterocycles. The van der Waals surface area contributed by atoms with Gasteiger partial charge in [-0.25, -0.2) is 0 Å². The molecular weight excluding hydrogens is 404 g/mol. The van der Waals surface area contributed by atoms with Gasteiger partial charge in [0.15, 0.2) is 0 Å². The van der Waals surface area contributed by atoms with Gasteiger partial charge in [0.25, 0.3) is 5.91 Å². The van der Waals surface area contributed by atoms with Crippen LogP contribution in [0, 0.1) is 6.92 Å². The second-order valence-corrected chi connectivity index (χ2v) is 7.91. The maximum atomic E-state index is 12.7. The van der Waals surface area contributed by atoms with Crippen molar-refractivity contribution in [1.82, 2.24) is 4.98 Å². The highest BCUT2D eigenvalue weighted by Crippen LogP contribution is 2.27. The lowest BCUT2D eigenvalue weighted by Crippen LogP contribution is -2.16. The number of aromatic nitrogens is 1. The van der Waals surface area contributed by atoms with E-state index < -0.39 is 0 Å². The summed E-state index contributed by atoms with van der Waals surface area (Å²) in [6, 6.07) is 18.4. The Labute approximate surface area is 189 Å². The van der Waals surface area contributed by atoms with Crippen LogP contribution >= 0.6 is 0 Å². The second kappa shape index (κ2) is 10.8. The minimum Gasteiger partial charge on any atom is -0.491 e. The standard InChI is InChI=1S/C26H30N2O4/c1-17(2)31-23-7-6-8-24(16-23)32-22-12-9-20(10-13-22)28-26(29)25-14-11-21(27-19(25)4)15-18(3)30-5/h6-14,16-18H,15H2,1-5H3,(H,28,29). The molecule has 0 bridgehead atoms. The number of pyridine rings is 1. The van der Waals surface area contributed by atoms with Gasteiger partial charge in [-0.15, -0.1) is 0 Å². The molecule has 0 saturated carbocycles. The number of anilines is 1. The summed E-state index contributed by atoms with van der Waals surface area (Å²) in [5.41, 5.74) is 2.81. The van der Waals surface area contributed by atoms with E-state index in [1.165, 1.54) is 0 Å². The van der Waals surface area contributed by atoms with Crippen molar-refractivity contribution in [2.24, 2.45) is 0 Å². The Bertz CT molecular complexity index is 1050. The van der Waals surface area contributed by atoms with Crippen LogP contribution in [0.25, 0.3) is 0 Å². The first-order chi connectivity index (χ1) is 15.3. The Morgan fingerprint density at radius 1 is 0.969 bits per heavy atom. The number of methoxy groups -OCH3 is 1. The zero-order valence-electron chi connectivity index (χ0n) is 19.2. The van der Waals surface area contributed by atoms with Crippen molar-refractivity contribution in [2.75, 3.05) is 12.4 Å². The SMILES string of the molecule is COC(C)Cc1ccc(C(=O)Nc2ccc(Oc3cccc(OC(C)C)c3)cc2)c(C)n1. The van der Waals surface area contributed by atoms with Crippen molar-refractivity contribution >= 4 is 11.6 Å². The first-order valence-electron chi connectivity index (χ1n) is 10.7. The number of hydrogen-bond donors (Lipinski definition) is 1. The summed E-state index contributed by atoms with van der Waals surface area (Å²) in [5.74, 6) is 1.91. The van der Waals surface area contributed by atoms with Gasteiger partial charge in [0.05, 0.1) is 23.5 Å². The first-order valence-corrected chi connectivity index (χ1v) is 10.7. The molecule has 1 N–H and O–H groups in total. The normalized spacial score (nSPS) is 11.8. The lowest BCUT2D eigenvalue weighted by Gasteiger charge is -2.13. The van der Waals surface area contributed by atoms with E-state index in [0.717, 1.165) is 11.4 Å². The molecule has 6 nitrogen and oxygen atoms in total. The number of nitrogens with one attached hydrogen (secondary N) is 1. The van der Waals surface area contributed by atoms with Gasteiger partial charge in [0, 0.05) is 31.0 Å². The number of aryl methyl sites for hydroxylation is 1. The van der Waals surface area contributed by atoms with Crippen molar-refractivity contribution in [2.45, 2.75) is 46.3 Å². The van der Waals surface area contributed by atoms with Crippen molar-refractivity contribution in [3.05, 3.63) is 77.6 Å². The van der Waals surface area contributed by atoms with Crippen LogP contribution in [-0.4, -0.2) is 30.2 Å². The fourth-order valence-electron chi connectivity index (χ4n) is 3.17. The Kier molecular flexibility index (Phi) is 7.84. The number of carbonyl (C=O) groups excluding carboxylic acids is 1. The molecule has 0 radical (unpaired) electrons. The first kappa shape index (κ1) is 23.3. The number of benzene rings is 2. The summed E-state index contributed by atoms with van der Waals surface area (Å²) in [4.78, 5) is 17.2. The van der Waals surface area contributed by atoms with Gasteiger partial charge < -0.3 is 19.5 Å². The molecule has 0 saturated heterocycles. The van der Waals surface area contributed by atoms with Gasteiger partial charge in [-0.1, -0.05) is 6.07 Å². The number of hydrogen-bond acceptors (Lipinski definition) is 5. The molecule has 0 aliphatic rings. The smallest absolute Gasteiger partial charge is 0.257 e. The quantitative estimate of drug-likeness (QED) is 0.461. The van der Waals surface area contributed by atoms with Gasteiger partial charge in [0.1, 0.15) is 17.2 Å². The monoisotopic (exact) mass is 434 g/mol. The average molecular weight is 435 g/mol. The molecule has 3 aromatic rings. The molecule has 0 spiro atoms. The molecule has 6 heteroatoms. The highest BCUT2D eigenvalue weighted by atomic mass is 16.5. The minimum atomic E-state index is -0.200. The highest BCUT2D eigenvalue weighted by molar-refractivity contribution is 6.05. The number of ether oxygens (including phenoxy) is 3. The van der Waals surface area contributed by atoms with Crippen molar-refractivity contribution < 1.29 is 19.0 Å². The molecule has 1 heterocycles. The largest absolute Gasteiger partial charge is 0.491 e. The van der Waals surface area contributed by atoms with Crippen LogP contribution in [0.5, 0.6) is 17.2 Å². The predicted octanol–water partition coefficient (Wildman–Crippen LogP) is 5.80. The van der Waals surface area contributed by atoms with Crippen LogP contribution in [0.15, 0.2) is 60.7 Å². The molecule has 0 fully saturated rings. The minimum absolute atomic E-state index is 0.0764. The van der Waals surface area contributed by atoms with Crippen LogP contribution in [0.4, 0.5) is 5.69 Å². The van der Waals surface area contributed by atoms with Crippen LogP contribution in [0.2, 0.25) is 0 Å². The lowest BCUT2D eigenvalue weighted by molar-refractivity contribution is 0.102. The molecule has 1 aromatic heterocycles. The topological polar surface area (TPSA) is 69.7 Å². The van der Waals surface area contributed by atoms with E-state index in [1.54, 1.807) is 25.3 Å². The zero-order chi connectivity index (χ0) is 23.1. The van der Waals surface area contributed by atoms with E-state index >= 15 is 0 Å². The maximum Gasteiger partial charge on any atom is 0.257 e. The third kappa shape index (κ3) is 6.56. The van der Waals surface area contributed by atoms with E-state index in [0.29, 0.717) is 34.9 Å². The summed E-state index contributed by atoms with van der Waals surface area (Å²) >= 11 is 0. The maximum absolute atomic E-state index is 12.7. The van der Waals surface area contributed by atoms with Crippen LogP contribution in [0.1, 0.15) is 42.5 Å². The van der Waals surface area contributed by atoms with Crippen LogP contribution in [0.3, 0.4) is 0 Å². The number of amides is 1. The van der Waals surface area contributed by atoms with E-state index in [4.69, 9.17) is 14.2 Å². The van der Waals surface area contributed by atoms with Crippen molar-refractivity contribution in [3.63, 3.8) is 0 Å². The number of nitrogens with zero attached hydrogens (tertiary/aromatic N) is 1. The Hall–Kier alpha value is -3.38. The third-order valence-corrected chi connectivity index (χ3v) is 4.81. The molecule has 168 valence electrons. The molecule has 1 amide bonds. The van der Waals surface area contributed by atoms with Crippen LogP contribution in [-0.2, 0) is 11.2 Å². The summed E-state index contributed by atoms with van der Waals surface area (Å²) in [5, 5.41) is 2.91. The number of carbonyl (C=O) groups is 1. The second-order valence-electron chi connectivity index (χ2n) is 7.91. The van der Waals surface area contributed by atoms with Gasteiger partial charge in [-0.2, -0.15) is 0 Å². The molecule has 1 atom stereocenters. The third-order valence-electron chi connectivity index (χ3n) is 4.81. The lowest BCUT2D eigenvalue weighted by atomic mass is 10.1. The number of rotatable bonds is 9. The van der Waals surface area contributed by atoms with Gasteiger partial charge in [0.2, 0.25) is 0 Å². The van der Waals surface area contributed by atoms with Gasteiger partial charge in [-0.3, -0.25) is 9.78 Å². The molecule has 0 aliphatic carbocycles. The predicted molar refractivity (Wildman–Crippen MR) is 126 cm³/mol. The molecule has 1 unspecified atom stereocenters. The van der Waals surface area contributed by atoms with E-state index in [1.807, 2.05) is 70.2 Å². The van der Waals surface area contributed by atoms with E-state index in [2.05, 4.69) is 10.3 Å². The summed E-state index contributed by atoms with van der Waals surface area (Å²) < 4.78 is 16.9. The Balaban J connectivity index is 1.62.